The van der Waals surface area contributed by atoms with E-state index in [0.29, 0.717) is 12.3 Å². The number of carbonyl (C=O) groups excluding carboxylic acids is 2. The zero-order chi connectivity index (χ0) is 19.9. The molecule has 1 aliphatic heterocycles. The Kier molecular flexibility index (Phi) is 4.75. The van der Waals surface area contributed by atoms with Gasteiger partial charge in [0, 0.05) is 18.7 Å². The number of furan rings is 1. The Balaban J connectivity index is 1.41. The molecule has 2 N–H and O–H groups in total. The van der Waals surface area contributed by atoms with Gasteiger partial charge < -0.3 is 19.7 Å². The van der Waals surface area contributed by atoms with Gasteiger partial charge in [0.25, 0.3) is 0 Å². The van der Waals surface area contributed by atoms with Crippen LogP contribution in [-0.2, 0) is 15.2 Å². The van der Waals surface area contributed by atoms with E-state index in [0.717, 1.165) is 24.1 Å². The molecule has 2 heterocycles. The quantitative estimate of drug-likeness (QED) is 0.805. The molecule has 6 nitrogen and oxygen atoms in total. The molecule has 2 fully saturated rings. The highest BCUT2D eigenvalue weighted by atomic mass is 16.4. The van der Waals surface area contributed by atoms with E-state index in [2.05, 4.69) is 5.32 Å². The van der Waals surface area contributed by atoms with Gasteiger partial charge >= 0.3 is 0 Å². The summed E-state index contributed by atoms with van der Waals surface area (Å²) in [5.41, 5.74) is 1.93. The molecular formula is C22H26N2O4. The summed E-state index contributed by atoms with van der Waals surface area (Å²) in [7, 11) is 0. The summed E-state index contributed by atoms with van der Waals surface area (Å²) in [5, 5.41) is 13.9. The maximum Gasteiger partial charge on any atom is 0.227 e. The zero-order valence-electron chi connectivity index (χ0n) is 16.3. The number of carbonyl (C=O) groups is 2. The number of aryl methyl sites for hydroxylation is 2. The Hall–Kier alpha value is -2.60. The first kappa shape index (κ1) is 18.7. The van der Waals surface area contributed by atoms with Crippen molar-refractivity contribution < 1.29 is 19.1 Å². The average molecular weight is 382 g/mol. The van der Waals surface area contributed by atoms with Crippen LogP contribution in [0.2, 0.25) is 0 Å². The molecule has 2 amide bonds. The minimum absolute atomic E-state index is 0.0492. The van der Waals surface area contributed by atoms with Crippen LogP contribution in [0.4, 0.5) is 5.69 Å². The Morgan fingerprint density at radius 3 is 2.71 bits per heavy atom. The molecule has 1 aromatic carbocycles. The molecule has 1 saturated carbocycles. The molecule has 1 aliphatic carbocycles. The Labute approximate surface area is 164 Å². The van der Waals surface area contributed by atoms with Crippen molar-refractivity contribution in [3.8, 4) is 0 Å². The number of nitrogens with one attached hydrogen (secondary N) is 1. The van der Waals surface area contributed by atoms with Crippen molar-refractivity contribution in [1.82, 2.24) is 5.32 Å². The van der Waals surface area contributed by atoms with Crippen LogP contribution in [0.3, 0.4) is 0 Å². The van der Waals surface area contributed by atoms with Crippen LogP contribution in [0, 0.1) is 25.7 Å². The highest BCUT2D eigenvalue weighted by molar-refractivity contribution is 6.00. The van der Waals surface area contributed by atoms with E-state index >= 15 is 0 Å². The first-order valence-corrected chi connectivity index (χ1v) is 9.80. The molecule has 0 bridgehead atoms. The van der Waals surface area contributed by atoms with Gasteiger partial charge in [0.1, 0.15) is 11.4 Å². The number of hydrogen-bond acceptors (Lipinski definition) is 4. The van der Waals surface area contributed by atoms with Crippen LogP contribution in [0.15, 0.2) is 41.0 Å². The number of anilines is 1. The second-order valence-electron chi connectivity index (χ2n) is 8.07. The van der Waals surface area contributed by atoms with Crippen molar-refractivity contribution in [2.75, 3.05) is 18.0 Å². The van der Waals surface area contributed by atoms with Gasteiger partial charge in [0.15, 0.2) is 0 Å². The Morgan fingerprint density at radius 2 is 2.07 bits per heavy atom. The molecule has 28 heavy (non-hydrogen) atoms. The van der Waals surface area contributed by atoms with Gasteiger partial charge in [-0.2, -0.15) is 0 Å². The maximum atomic E-state index is 12.7. The van der Waals surface area contributed by atoms with Crippen LogP contribution in [-0.4, -0.2) is 30.0 Å². The number of hydrogen-bond donors (Lipinski definition) is 2. The third-order valence-electron chi connectivity index (χ3n) is 6.03. The van der Waals surface area contributed by atoms with Crippen molar-refractivity contribution >= 4 is 17.5 Å². The first-order chi connectivity index (χ1) is 13.4. The van der Waals surface area contributed by atoms with Gasteiger partial charge in [0.05, 0.1) is 18.7 Å². The Morgan fingerprint density at radius 1 is 1.29 bits per heavy atom. The molecule has 0 spiro atoms. The van der Waals surface area contributed by atoms with Crippen molar-refractivity contribution in [3.63, 3.8) is 0 Å². The van der Waals surface area contributed by atoms with Gasteiger partial charge in [-0.1, -0.05) is 6.07 Å². The van der Waals surface area contributed by atoms with E-state index in [1.165, 1.54) is 11.8 Å². The van der Waals surface area contributed by atoms with E-state index in [9.17, 15) is 14.7 Å². The summed E-state index contributed by atoms with van der Waals surface area (Å²) in [5.74, 6) is -0.0999. The second-order valence-corrected chi connectivity index (χ2v) is 8.07. The van der Waals surface area contributed by atoms with Crippen LogP contribution >= 0.6 is 0 Å². The van der Waals surface area contributed by atoms with E-state index in [1.807, 2.05) is 32.0 Å². The van der Waals surface area contributed by atoms with Crippen molar-refractivity contribution in [2.24, 2.45) is 11.8 Å². The molecule has 0 radical (unpaired) electrons. The number of benzene rings is 1. The summed E-state index contributed by atoms with van der Waals surface area (Å²) in [4.78, 5) is 26.9. The van der Waals surface area contributed by atoms with Crippen molar-refractivity contribution in [1.29, 1.82) is 0 Å². The lowest BCUT2D eigenvalue weighted by Gasteiger charge is -2.27. The highest BCUT2D eigenvalue weighted by Crippen LogP contribution is 2.45. The molecule has 2 aliphatic rings. The molecule has 0 unspecified atom stereocenters. The third-order valence-corrected chi connectivity index (χ3v) is 6.03. The molecular weight excluding hydrogens is 356 g/mol. The predicted octanol–water partition coefficient (Wildman–Crippen LogP) is 2.66. The van der Waals surface area contributed by atoms with E-state index in [1.54, 1.807) is 17.0 Å². The van der Waals surface area contributed by atoms with Crippen LogP contribution < -0.4 is 10.2 Å². The minimum atomic E-state index is -1.18. The summed E-state index contributed by atoms with van der Waals surface area (Å²) in [6.45, 7) is 4.49. The van der Waals surface area contributed by atoms with Crippen LogP contribution in [0.25, 0.3) is 0 Å². The highest BCUT2D eigenvalue weighted by Gasteiger charge is 2.48. The Bertz CT molecular complexity index is 888. The average Bonchev–Trinajstić information content (AvgIpc) is 3.24. The van der Waals surface area contributed by atoms with Gasteiger partial charge in [-0.25, -0.2) is 0 Å². The summed E-state index contributed by atoms with van der Waals surface area (Å²) >= 11 is 0. The molecule has 2 aromatic rings. The van der Waals surface area contributed by atoms with Gasteiger partial charge in [0.2, 0.25) is 11.8 Å². The number of aliphatic hydroxyl groups is 1. The largest absolute Gasteiger partial charge is 0.466 e. The maximum absolute atomic E-state index is 12.7. The van der Waals surface area contributed by atoms with Crippen LogP contribution in [0.1, 0.15) is 36.1 Å². The van der Waals surface area contributed by atoms with Crippen LogP contribution in [0.5, 0.6) is 0 Å². The predicted molar refractivity (Wildman–Crippen MR) is 105 cm³/mol. The number of amides is 2. The molecule has 6 heteroatoms. The van der Waals surface area contributed by atoms with Gasteiger partial charge in [-0.05, 0) is 68.0 Å². The SMILES string of the molecule is Cc1ccc(N2C[C@@H](C(=O)NC[C@@](O)(c3ccco3)C3CC3)CC2=O)cc1C. The van der Waals surface area contributed by atoms with Gasteiger partial charge in [-0.3, -0.25) is 9.59 Å². The van der Waals surface area contributed by atoms with E-state index < -0.39 is 11.5 Å². The van der Waals surface area contributed by atoms with E-state index in [4.69, 9.17) is 4.42 Å². The molecule has 4 rings (SSSR count). The second kappa shape index (κ2) is 7.09. The monoisotopic (exact) mass is 382 g/mol. The lowest BCUT2D eigenvalue weighted by Crippen LogP contribution is -2.44. The smallest absolute Gasteiger partial charge is 0.227 e. The van der Waals surface area contributed by atoms with Crippen molar-refractivity contribution in [2.45, 2.75) is 38.7 Å². The molecule has 148 valence electrons. The fourth-order valence-corrected chi connectivity index (χ4v) is 3.91. The van der Waals surface area contributed by atoms with Crippen molar-refractivity contribution in [3.05, 3.63) is 53.5 Å². The lowest BCUT2D eigenvalue weighted by molar-refractivity contribution is -0.127. The first-order valence-electron chi connectivity index (χ1n) is 9.80. The standard InChI is InChI=1S/C22H26N2O4/c1-14-5-8-18(10-15(14)2)24-12-16(11-20(24)25)21(26)23-13-22(27,17-6-7-17)19-4-3-9-28-19/h3-5,8-10,16-17,27H,6-7,11-13H2,1-2H3,(H,23,26)/t16-,22-/m0/s1. The summed E-state index contributed by atoms with van der Waals surface area (Å²) in [6, 6.07) is 9.37. The summed E-state index contributed by atoms with van der Waals surface area (Å²) < 4.78 is 5.41. The normalized spacial score (nSPS) is 21.6. The fourth-order valence-electron chi connectivity index (χ4n) is 3.91. The topological polar surface area (TPSA) is 82.8 Å². The van der Waals surface area contributed by atoms with E-state index in [-0.39, 0.29) is 30.7 Å². The minimum Gasteiger partial charge on any atom is -0.466 e. The fraction of sp³-hybridized carbons (Fsp3) is 0.455. The number of rotatable bonds is 6. The lowest BCUT2D eigenvalue weighted by atomic mass is 9.94. The summed E-state index contributed by atoms with van der Waals surface area (Å²) in [6.07, 6.45) is 3.54. The molecule has 2 atom stereocenters. The molecule has 1 saturated heterocycles. The molecule has 1 aromatic heterocycles. The third kappa shape index (κ3) is 3.44. The number of nitrogens with zero attached hydrogens (tertiary/aromatic N) is 1. The van der Waals surface area contributed by atoms with Gasteiger partial charge in [-0.15, -0.1) is 0 Å². The zero-order valence-corrected chi connectivity index (χ0v) is 16.3.